The highest BCUT2D eigenvalue weighted by molar-refractivity contribution is 7.99. The van der Waals surface area contributed by atoms with Crippen molar-refractivity contribution in [1.29, 1.82) is 0 Å². The predicted octanol–water partition coefficient (Wildman–Crippen LogP) is 3.42. The van der Waals surface area contributed by atoms with Crippen LogP contribution in [0.25, 0.3) is 0 Å². The first-order valence-electron chi connectivity index (χ1n) is 9.68. The first kappa shape index (κ1) is 22.0. The first-order valence-corrected chi connectivity index (χ1v) is 11.0. The number of halogens is 1. The zero-order chi connectivity index (χ0) is 22.7. The molecule has 0 saturated heterocycles. The normalized spacial score (nSPS) is 13.0. The maximum absolute atomic E-state index is 12.4. The van der Waals surface area contributed by atoms with Gasteiger partial charge in [0.2, 0.25) is 12.7 Å². The van der Waals surface area contributed by atoms with Gasteiger partial charge in [0.15, 0.2) is 22.5 Å². The molecule has 2 aromatic carbocycles. The smallest absolute Gasteiger partial charge is 0.251 e. The van der Waals surface area contributed by atoms with Gasteiger partial charge in [0, 0.05) is 29.4 Å². The lowest BCUT2D eigenvalue weighted by Crippen LogP contribution is -2.28. The summed E-state index contributed by atoms with van der Waals surface area (Å²) in [6.07, 6.45) is 0. The molecule has 2 heterocycles. The van der Waals surface area contributed by atoms with Crippen LogP contribution in [0.4, 0.5) is 5.69 Å². The molecule has 0 saturated carbocycles. The number of anilines is 1. The first-order chi connectivity index (χ1) is 15.4. The lowest BCUT2D eigenvalue weighted by molar-refractivity contribution is -0.113. The van der Waals surface area contributed by atoms with E-state index in [4.69, 9.17) is 21.1 Å². The SMILES string of the molecule is C[C@@H](NC(=O)c1ccc(Cl)cc1)c1nnc(SCC(=O)Nc2ccc3c(c2)OCO3)n1C. The van der Waals surface area contributed by atoms with E-state index in [1.807, 2.05) is 6.92 Å². The molecule has 3 aromatic rings. The van der Waals surface area contributed by atoms with Crippen molar-refractivity contribution in [3.05, 3.63) is 58.9 Å². The number of nitrogens with one attached hydrogen (secondary N) is 2. The van der Waals surface area contributed by atoms with Gasteiger partial charge in [-0.2, -0.15) is 0 Å². The molecule has 1 atom stereocenters. The highest BCUT2D eigenvalue weighted by Gasteiger charge is 2.19. The fourth-order valence-electron chi connectivity index (χ4n) is 3.08. The van der Waals surface area contributed by atoms with Crippen LogP contribution in [0.3, 0.4) is 0 Å². The molecule has 0 bridgehead atoms. The van der Waals surface area contributed by atoms with Crippen LogP contribution in [0.15, 0.2) is 47.6 Å². The number of nitrogens with zero attached hydrogens (tertiary/aromatic N) is 3. The van der Waals surface area contributed by atoms with E-state index >= 15 is 0 Å². The Morgan fingerprint density at radius 3 is 2.69 bits per heavy atom. The van der Waals surface area contributed by atoms with Gasteiger partial charge in [-0.15, -0.1) is 10.2 Å². The fourth-order valence-corrected chi connectivity index (χ4v) is 3.92. The summed E-state index contributed by atoms with van der Waals surface area (Å²) in [5, 5.41) is 15.2. The molecule has 1 aromatic heterocycles. The number of ether oxygens (including phenoxy) is 2. The summed E-state index contributed by atoms with van der Waals surface area (Å²) in [6, 6.07) is 11.5. The van der Waals surface area contributed by atoms with Crippen molar-refractivity contribution in [3.8, 4) is 11.5 Å². The van der Waals surface area contributed by atoms with E-state index in [2.05, 4.69) is 20.8 Å². The van der Waals surface area contributed by atoms with E-state index < -0.39 is 0 Å². The Kier molecular flexibility index (Phi) is 6.52. The molecule has 0 unspecified atom stereocenters. The number of carbonyl (C=O) groups excluding carboxylic acids is 2. The molecule has 32 heavy (non-hydrogen) atoms. The molecule has 2 amide bonds. The summed E-state index contributed by atoms with van der Waals surface area (Å²) >= 11 is 7.12. The van der Waals surface area contributed by atoms with Crippen molar-refractivity contribution >= 4 is 40.9 Å². The standard InChI is InChI=1S/C21H20ClN5O4S/c1-12(23-20(29)13-3-5-14(22)6-4-13)19-25-26-21(27(19)2)32-10-18(28)24-15-7-8-16-17(9-15)31-11-30-16/h3-9,12H,10-11H2,1-2H3,(H,23,29)(H,24,28)/t12-/m1/s1. The number of amides is 2. The third kappa shape index (κ3) is 4.97. The second-order valence-electron chi connectivity index (χ2n) is 7.01. The molecule has 1 aliphatic rings. The molecular formula is C21H20ClN5O4S. The average Bonchev–Trinajstić information content (AvgIpc) is 3.38. The second kappa shape index (κ2) is 9.49. The molecule has 0 fully saturated rings. The van der Waals surface area contributed by atoms with E-state index in [1.54, 1.807) is 54.1 Å². The van der Waals surface area contributed by atoms with Gasteiger partial charge in [-0.25, -0.2) is 0 Å². The Balaban J connectivity index is 1.32. The minimum Gasteiger partial charge on any atom is -0.454 e. The predicted molar refractivity (Wildman–Crippen MR) is 120 cm³/mol. The third-order valence-electron chi connectivity index (χ3n) is 4.70. The van der Waals surface area contributed by atoms with Gasteiger partial charge in [-0.3, -0.25) is 9.59 Å². The molecule has 2 N–H and O–H groups in total. The summed E-state index contributed by atoms with van der Waals surface area (Å²) in [5.41, 5.74) is 1.12. The summed E-state index contributed by atoms with van der Waals surface area (Å²) in [5.74, 6) is 1.54. The Morgan fingerprint density at radius 2 is 1.91 bits per heavy atom. The van der Waals surface area contributed by atoms with Gasteiger partial charge in [0.05, 0.1) is 11.8 Å². The van der Waals surface area contributed by atoms with E-state index in [-0.39, 0.29) is 30.4 Å². The summed E-state index contributed by atoms with van der Waals surface area (Å²) in [7, 11) is 1.79. The van der Waals surface area contributed by atoms with Crippen LogP contribution in [0.2, 0.25) is 5.02 Å². The van der Waals surface area contributed by atoms with Gasteiger partial charge in [0.25, 0.3) is 5.91 Å². The Hall–Kier alpha value is -3.24. The van der Waals surface area contributed by atoms with Crippen LogP contribution < -0.4 is 20.1 Å². The molecule has 0 aliphatic carbocycles. The van der Waals surface area contributed by atoms with Crippen LogP contribution in [0.5, 0.6) is 11.5 Å². The Bertz CT molecular complexity index is 1150. The molecule has 166 valence electrons. The van der Waals surface area contributed by atoms with E-state index in [9.17, 15) is 9.59 Å². The molecule has 1 aliphatic heterocycles. The number of thioether (sulfide) groups is 1. The van der Waals surface area contributed by atoms with Crippen molar-refractivity contribution in [3.63, 3.8) is 0 Å². The number of hydrogen-bond acceptors (Lipinski definition) is 7. The average molecular weight is 474 g/mol. The van der Waals surface area contributed by atoms with Gasteiger partial charge >= 0.3 is 0 Å². The third-order valence-corrected chi connectivity index (χ3v) is 5.97. The molecule has 0 spiro atoms. The monoisotopic (exact) mass is 473 g/mol. The topological polar surface area (TPSA) is 107 Å². The largest absolute Gasteiger partial charge is 0.454 e. The van der Waals surface area contributed by atoms with E-state index in [1.165, 1.54) is 11.8 Å². The highest BCUT2D eigenvalue weighted by Crippen LogP contribution is 2.34. The Labute approximate surface area is 193 Å². The van der Waals surface area contributed by atoms with Crippen LogP contribution >= 0.6 is 23.4 Å². The van der Waals surface area contributed by atoms with Crippen LogP contribution in [0.1, 0.15) is 29.1 Å². The lowest BCUT2D eigenvalue weighted by Gasteiger charge is -2.13. The van der Waals surface area contributed by atoms with Crippen molar-refractivity contribution < 1.29 is 19.1 Å². The Morgan fingerprint density at radius 1 is 1.16 bits per heavy atom. The quantitative estimate of drug-likeness (QED) is 0.506. The number of hydrogen-bond donors (Lipinski definition) is 2. The fraction of sp³-hybridized carbons (Fsp3) is 0.238. The maximum atomic E-state index is 12.4. The van der Waals surface area contributed by atoms with Crippen LogP contribution in [-0.4, -0.2) is 39.1 Å². The molecule has 0 radical (unpaired) electrons. The van der Waals surface area contributed by atoms with Crippen LogP contribution in [0, 0.1) is 0 Å². The highest BCUT2D eigenvalue weighted by atomic mass is 35.5. The van der Waals surface area contributed by atoms with Gasteiger partial charge in [-0.1, -0.05) is 23.4 Å². The lowest BCUT2D eigenvalue weighted by atomic mass is 10.2. The van der Waals surface area contributed by atoms with Crippen molar-refractivity contribution in [2.45, 2.75) is 18.1 Å². The van der Waals surface area contributed by atoms with Gasteiger partial charge < -0.3 is 24.7 Å². The van der Waals surface area contributed by atoms with Crippen molar-refractivity contribution in [1.82, 2.24) is 20.1 Å². The number of aromatic nitrogens is 3. The zero-order valence-electron chi connectivity index (χ0n) is 17.3. The van der Waals surface area contributed by atoms with Crippen molar-refractivity contribution in [2.75, 3.05) is 17.9 Å². The summed E-state index contributed by atoms with van der Waals surface area (Å²) in [4.78, 5) is 24.8. The number of carbonyl (C=O) groups is 2. The summed E-state index contributed by atoms with van der Waals surface area (Å²) < 4.78 is 12.3. The van der Waals surface area contributed by atoms with Gasteiger partial charge in [0.1, 0.15) is 0 Å². The van der Waals surface area contributed by atoms with Crippen molar-refractivity contribution in [2.24, 2.45) is 7.05 Å². The van der Waals surface area contributed by atoms with E-state index in [0.717, 1.165) is 0 Å². The van der Waals surface area contributed by atoms with Gasteiger partial charge in [-0.05, 0) is 43.3 Å². The number of fused-ring (bicyclic) bond motifs is 1. The minimum atomic E-state index is -0.382. The van der Waals surface area contributed by atoms with Crippen LogP contribution in [-0.2, 0) is 11.8 Å². The minimum absolute atomic E-state index is 0.145. The van der Waals surface area contributed by atoms with E-state index in [0.29, 0.717) is 38.8 Å². The molecular weight excluding hydrogens is 454 g/mol. The number of rotatable bonds is 7. The molecule has 9 nitrogen and oxygen atoms in total. The zero-order valence-corrected chi connectivity index (χ0v) is 18.9. The number of benzene rings is 2. The maximum Gasteiger partial charge on any atom is 0.251 e. The second-order valence-corrected chi connectivity index (χ2v) is 8.39. The molecule has 11 heteroatoms. The summed E-state index contributed by atoms with van der Waals surface area (Å²) in [6.45, 7) is 1.99. The molecule has 4 rings (SSSR count).